The van der Waals surface area contributed by atoms with E-state index in [1.165, 1.54) is 35.2 Å². The van der Waals surface area contributed by atoms with Crippen LogP contribution in [0.2, 0.25) is 0 Å². The minimum Gasteiger partial charge on any atom is -0.378 e. The van der Waals surface area contributed by atoms with Crippen LogP contribution < -0.4 is 15.5 Å². The van der Waals surface area contributed by atoms with E-state index in [1.807, 2.05) is 4.90 Å². The van der Waals surface area contributed by atoms with Crippen LogP contribution in [0.1, 0.15) is 26.3 Å². The van der Waals surface area contributed by atoms with Crippen molar-refractivity contribution in [2.45, 2.75) is 6.18 Å². The summed E-state index contributed by atoms with van der Waals surface area (Å²) in [6.07, 6.45) is -4.53. The Morgan fingerprint density at radius 2 is 1.42 bits per heavy atom. The number of rotatable bonds is 5. The van der Waals surface area contributed by atoms with Crippen LogP contribution >= 0.6 is 0 Å². The molecule has 2 heterocycles. The normalized spacial score (nSPS) is 15.7. The van der Waals surface area contributed by atoms with Gasteiger partial charge in [-0.3, -0.25) is 9.59 Å². The molecule has 2 saturated heterocycles. The molecule has 9 nitrogen and oxygen atoms in total. The van der Waals surface area contributed by atoms with Crippen molar-refractivity contribution in [3.05, 3.63) is 89.2 Å². The number of halogens is 4. The van der Waals surface area contributed by atoms with E-state index in [0.717, 1.165) is 12.1 Å². The number of carbonyl (C=O) groups excluding carboxylic acids is 3. The molecule has 0 aromatic heterocycles. The van der Waals surface area contributed by atoms with Gasteiger partial charge in [0.05, 0.1) is 29.9 Å². The van der Waals surface area contributed by atoms with Gasteiger partial charge in [-0.25, -0.2) is 9.18 Å². The fraction of sp³-hybridized carbons (Fsp3) is 0.300. The highest BCUT2D eigenvalue weighted by Crippen LogP contribution is 2.31. The molecule has 0 atom stereocenters. The van der Waals surface area contributed by atoms with Crippen molar-refractivity contribution in [3.8, 4) is 0 Å². The lowest BCUT2D eigenvalue weighted by Crippen LogP contribution is -2.50. The number of ether oxygens (including phenoxy) is 1. The van der Waals surface area contributed by atoms with Crippen molar-refractivity contribution in [2.75, 3.05) is 68.0 Å². The summed E-state index contributed by atoms with van der Waals surface area (Å²) < 4.78 is 58.7. The van der Waals surface area contributed by atoms with Crippen LogP contribution in [-0.4, -0.2) is 80.1 Å². The van der Waals surface area contributed by atoms with Gasteiger partial charge in [0.1, 0.15) is 5.82 Å². The molecule has 226 valence electrons. The first-order valence-electron chi connectivity index (χ1n) is 13.7. The maximum Gasteiger partial charge on any atom is 0.416 e. The maximum absolute atomic E-state index is 14.2. The fourth-order valence-corrected chi connectivity index (χ4v) is 4.97. The number of carbonyl (C=O) groups is 3. The summed E-state index contributed by atoms with van der Waals surface area (Å²) >= 11 is 0. The quantitative estimate of drug-likeness (QED) is 0.406. The first-order chi connectivity index (χ1) is 20.6. The Morgan fingerprint density at radius 3 is 2.12 bits per heavy atom. The molecule has 2 aliphatic heterocycles. The predicted octanol–water partition coefficient (Wildman–Crippen LogP) is 4.92. The molecule has 0 radical (unpaired) electrons. The smallest absolute Gasteiger partial charge is 0.378 e. The molecular weight excluding hydrogens is 570 g/mol. The highest BCUT2D eigenvalue weighted by molar-refractivity contribution is 6.06. The Kier molecular flexibility index (Phi) is 8.81. The molecule has 2 fully saturated rings. The van der Waals surface area contributed by atoms with Gasteiger partial charge in [-0.15, -0.1) is 0 Å². The van der Waals surface area contributed by atoms with Crippen molar-refractivity contribution < 1.29 is 36.7 Å². The number of morpholine rings is 1. The van der Waals surface area contributed by atoms with Crippen molar-refractivity contribution in [2.24, 2.45) is 0 Å². The second-order valence-electron chi connectivity index (χ2n) is 10.1. The van der Waals surface area contributed by atoms with Crippen LogP contribution in [0.5, 0.6) is 0 Å². The van der Waals surface area contributed by atoms with E-state index in [0.29, 0.717) is 56.3 Å². The third kappa shape index (κ3) is 7.05. The van der Waals surface area contributed by atoms with E-state index in [9.17, 15) is 31.9 Å². The van der Waals surface area contributed by atoms with E-state index in [-0.39, 0.29) is 30.2 Å². The first kappa shape index (κ1) is 29.8. The Bertz CT molecular complexity index is 1500. The second-order valence-corrected chi connectivity index (χ2v) is 10.1. The zero-order valence-electron chi connectivity index (χ0n) is 23.0. The topological polar surface area (TPSA) is 94.2 Å². The first-order valence-corrected chi connectivity index (χ1v) is 13.7. The summed E-state index contributed by atoms with van der Waals surface area (Å²) in [6.45, 7) is 2.78. The van der Waals surface area contributed by atoms with Gasteiger partial charge in [0.25, 0.3) is 11.8 Å². The molecule has 2 N–H and O–H groups in total. The average Bonchev–Trinajstić information content (AvgIpc) is 3.01. The molecule has 0 unspecified atom stereocenters. The fourth-order valence-electron chi connectivity index (χ4n) is 4.97. The molecule has 5 rings (SSSR count). The molecule has 0 saturated carbocycles. The van der Waals surface area contributed by atoms with E-state index in [4.69, 9.17) is 4.74 Å². The lowest BCUT2D eigenvalue weighted by molar-refractivity contribution is -0.137. The van der Waals surface area contributed by atoms with Crippen molar-refractivity contribution in [1.82, 2.24) is 9.80 Å². The van der Waals surface area contributed by atoms with Gasteiger partial charge < -0.3 is 30.1 Å². The van der Waals surface area contributed by atoms with Gasteiger partial charge in [-0.1, -0.05) is 18.2 Å². The van der Waals surface area contributed by atoms with Crippen molar-refractivity contribution in [1.29, 1.82) is 0 Å². The van der Waals surface area contributed by atoms with Gasteiger partial charge in [-0.2, -0.15) is 13.2 Å². The number of nitrogens with zero attached hydrogens (tertiary/aromatic N) is 3. The van der Waals surface area contributed by atoms with E-state index in [2.05, 4.69) is 10.6 Å². The number of urea groups is 1. The Hall–Kier alpha value is -4.65. The van der Waals surface area contributed by atoms with Crippen LogP contribution in [0.4, 0.5) is 39.4 Å². The Balaban J connectivity index is 1.31. The summed E-state index contributed by atoms with van der Waals surface area (Å²) in [5, 5.41) is 5.18. The van der Waals surface area contributed by atoms with Crippen LogP contribution in [0.3, 0.4) is 0 Å². The summed E-state index contributed by atoms with van der Waals surface area (Å²) in [6, 6.07) is 14.3. The van der Waals surface area contributed by atoms with E-state index in [1.54, 1.807) is 29.2 Å². The zero-order chi connectivity index (χ0) is 30.6. The van der Waals surface area contributed by atoms with Gasteiger partial charge in [0, 0.05) is 56.3 Å². The summed E-state index contributed by atoms with van der Waals surface area (Å²) in [4.78, 5) is 44.2. The van der Waals surface area contributed by atoms with E-state index < -0.39 is 29.5 Å². The third-order valence-corrected chi connectivity index (χ3v) is 7.25. The molecule has 3 aromatic carbocycles. The minimum atomic E-state index is -4.53. The van der Waals surface area contributed by atoms with Crippen LogP contribution in [0.15, 0.2) is 66.7 Å². The molecule has 13 heteroatoms. The lowest BCUT2D eigenvalue weighted by Gasteiger charge is -2.37. The zero-order valence-corrected chi connectivity index (χ0v) is 23.0. The molecule has 2 aliphatic rings. The number of anilines is 3. The second kappa shape index (κ2) is 12.7. The molecule has 0 spiro atoms. The number of nitrogens with one attached hydrogen (secondary N) is 2. The molecule has 0 aliphatic carbocycles. The molecule has 3 aromatic rings. The van der Waals surface area contributed by atoms with E-state index >= 15 is 0 Å². The van der Waals surface area contributed by atoms with Crippen molar-refractivity contribution in [3.63, 3.8) is 0 Å². The Labute approximate surface area is 245 Å². The highest BCUT2D eigenvalue weighted by Gasteiger charge is 2.31. The largest absolute Gasteiger partial charge is 0.416 e. The van der Waals surface area contributed by atoms with Crippen LogP contribution in [0.25, 0.3) is 0 Å². The number of alkyl halides is 3. The van der Waals surface area contributed by atoms with Gasteiger partial charge in [0.15, 0.2) is 0 Å². The standard InChI is InChI=1S/C30H29F4N5O4/c31-25-7-2-1-6-23(25)27(40)35-22-8-9-26(24(19-22)28(41)38-14-16-43-17-15-38)37-10-12-39(13-11-37)29(42)36-21-5-3-4-20(18-21)30(32,33)34/h1-9,18-19H,10-17H2,(H,35,40)(H,36,42). The monoisotopic (exact) mass is 599 g/mol. The van der Waals surface area contributed by atoms with Gasteiger partial charge >= 0.3 is 12.2 Å². The number of hydrogen-bond donors (Lipinski definition) is 2. The Morgan fingerprint density at radius 1 is 0.721 bits per heavy atom. The summed E-state index contributed by atoms with van der Waals surface area (Å²) in [5.41, 5.74) is 0.281. The molecule has 43 heavy (non-hydrogen) atoms. The predicted molar refractivity (Wildman–Crippen MR) is 152 cm³/mol. The van der Waals surface area contributed by atoms with Gasteiger partial charge in [-0.05, 0) is 48.5 Å². The van der Waals surface area contributed by atoms with Crippen LogP contribution in [0, 0.1) is 5.82 Å². The summed E-state index contributed by atoms with van der Waals surface area (Å²) in [7, 11) is 0. The molecule has 0 bridgehead atoms. The highest BCUT2D eigenvalue weighted by atomic mass is 19.4. The number of piperazine rings is 1. The third-order valence-electron chi connectivity index (χ3n) is 7.25. The average molecular weight is 600 g/mol. The number of benzene rings is 3. The maximum atomic E-state index is 14.2. The lowest BCUT2D eigenvalue weighted by atomic mass is 10.1. The minimum absolute atomic E-state index is 0.0358. The molecule has 4 amide bonds. The SMILES string of the molecule is O=C(Nc1ccc(N2CCN(C(=O)Nc3cccc(C(F)(F)F)c3)CC2)c(C(=O)N2CCOCC2)c1)c1ccccc1F. The number of hydrogen-bond acceptors (Lipinski definition) is 5. The van der Waals surface area contributed by atoms with Gasteiger partial charge in [0.2, 0.25) is 0 Å². The van der Waals surface area contributed by atoms with Crippen LogP contribution in [-0.2, 0) is 10.9 Å². The number of amides is 4. The summed E-state index contributed by atoms with van der Waals surface area (Å²) in [5.74, 6) is -1.59. The molecular formula is C30H29F4N5O4. The van der Waals surface area contributed by atoms with Crippen molar-refractivity contribution >= 4 is 34.9 Å².